The summed E-state index contributed by atoms with van der Waals surface area (Å²) in [5, 5.41) is 9.40. The summed E-state index contributed by atoms with van der Waals surface area (Å²) >= 11 is 0. The highest BCUT2D eigenvalue weighted by Gasteiger charge is 2.29. The minimum absolute atomic E-state index is 0.234. The molecule has 2 aromatic rings. The Bertz CT molecular complexity index is 600. The molecule has 0 aliphatic heterocycles. The number of aromatic nitrogens is 1. The SMILES string of the molecule is On1ccccc1=Nc1ccc(C(F)(F)F)cc1. The molecule has 94 valence electrons. The molecule has 0 aliphatic rings. The Labute approximate surface area is 100 Å². The molecule has 0 bridgehead atoms. The molecular weight excluding hydrogens is 245 g/mol. The summed E-state index contributed by atoms with van der Waals surface area (Å²) in [7, 11) is 0. The van der Waals surface area contributed by atoms with Crippen molar-refractivity contribution < 1.29 is 18.4 Å². The molecule has 0 saturated heterocycles. The zero-order chi connectivity index (χ0) is 13.2. The van der Waals surface area contributed by atoms with Crippen LogP contribution in [0.2, 0.25) is 0 Å². The molecule has 0 unspecified atom stereocenters. The molecule has 0 spiro atoms. The molecule has 0 atom stereocenters. The van der Waals surface area contributed by atoms with Crippen molar-refractivity contribution in [3.8, 4) is 0 Å². The average molecular weight is 254 g/mol. The van der Waals surface area contributed by atoms with Gasteiger partial charge in [0.25, 0.3) is 0 Å². The second-order valence-electron chi connectivity index (χ2n) is 3.56. The molecular formula is C12H9F3N2O. The van der Waals surface area contributed by atoms with Crippen LogP contribution in [0.25, 0.3) is 0 Å². The largest absolute Gasteiger partial charge is 0.427 e. The summed E-state index contributed by atoms with van der Waals surface area (Å²) in [6, 6.07) is 9.19. The maximum absolute atomic E-state index is 12.3. The van der Waals surface area contributed by atoms with E-state index in [1.54, 1.807) is 12.1 Å². The van der Waals surface area contributed by atoms with E-state index in [0.29, 0.717) is 5.69 Å². The van der Waals surface area contributed by atoms with Gasteiger partial charge in [0.15, 0.2) is 5.49 Å². The summed E-state index contributed by atoms with van der Waals surface area (Å²) in [6.07, 6.45) is -2.98. The van der Waals surface area contributed by atoms with Crippen molar-refractivity contribution in [3.05, 3.63) is 59.7 Å². The third kappa shape index (κ3) is 2.71. The van der Waals surface area contributed by atoms with Gasteiger partial charge in [-0.15, -0.1) is 0 Å². The Morgan fingerprint density at radius 2 is 1.67 bits per heavy atom. The standard InChI is InChI=1S/C12H9F3N2O/c13-12(14,15)9-4-6-10(7-5-9)16-11-3-1-2-8-17(11)18/h1-8,18H. The Kier molecular flexibility index (Phi) is 3.10. The highest BCUT2D eigenvalue weighted by atomic mass is 19.4. The van der Waals surface area contributed by atoms with Gasteiger partial charge in [-0.2, -0.15) is 17.9 Å². The normalized spacial score (nSPS) is 12.7. The van der Waals surface area contributed by atoms with Crippen LogP contribution in [-0.2, 0) is 6.18 Å². The summed E-state index contributed by atoms with van der Waals surface area (Å²) in [5.74, 6) is 0. The first-order valence-electron chi connectivity index (χ1n) is 5.06. The van der Waals surface area contributed by atoms with Gasteiger partial charge < -0.3 is 5.21 Å². The third-order valence-electron chi connectivity index (χ3n) is 2.26. The zero-order valence-electron chi connectivity index (χ0n) is 9.09. The Balaban J connectivity index is 2.38. The van der Waals surface area contributed by atoms with Crippen molar-refractivity contribution in [2.75, 3.05) is 0 Å². The molecule has 0 amide bonds. The molecule has 2 rings (SSSR count). The van der Waals surface area contributed by atoms with Gasteiger partial charge in [0.2, 0.25) is 0 Å². The number of alkyl halides is 3. The third-order valence-corrected chi connectivity index (χ3v) is 2.26. The van der Waals surface area contributed by atoms with Crippen LogP contribution in [0.1, 0.15) is 5.56 Å². The fourth-order valence-corrected chi connectivity index (χ4v) is 1.37. The van der Waals surface area contributed by atoms with Gasteiger partial charge in [-0.1, -0.05) is 6.07 Å². The van der Waals surface area contributed by atoms with Gasteiger partial charge in [0, 0.05) is 6.20 Å². The summed E-state index contributed by atoms with van der Waals surface area (Å²) in [6.45, 7) is 0. The molecule has 0 saturated carbocycles. The minimum atomic E-state index is -4.36. The molecule has 0 aliphatic carbocycles. The second-order valence-corrected chi connectivity index (χ2v) is 3.56. The van der Waals surface area contributed by atoms with Crippen molar-refractivity contribution in [1.29, 1.82) is 0 Å². The van der Waals surface area contributed by atoms with Crippen LogP contribution >= 0.6 is 0 Å². The van der Waals surface area contributed by atoms with Gasteiger partial charge in [0.05, 0.1) is 11.3 Å². The van der Waals surface area contributed by atoms with Gasteiger partial charge in [0.1, 0.15) is 0 Å². The van der Waals surface area contributed by atoms with Crippen molar-refractivity contribution >= 4 is 5.69 Å². The predicted molar refractivity (Wildman–Crippen MR) is 58.3 cm³/mol. The smallest absolute Gasteiger partial charge is 0.416 e. The summed E-state index contributed by atoms with van der Waals surface area (Å²) in [4.78, 5) is 4.01. The second kappa shape index (κ2) is 4.56. The first kappa shape index (κ1) is 12.2. The van der Waals surface area contributed by atoms with E-state index >= 15 is 0 Å². The highest BCUT2D eigenvalue weighted by molar-refractivity contribution is 5.39. The number of pyridine rings is 1. The number of rotatable bonds is 1. The highest BCUT2D eigenvalue weighted by Crippen LogP contribution is 2.30. The number of benzene rings is 1. The molecule has 3 nitrogen and oxygen atoms in total. The van der Waals surface area contributed by atoms with E-state index in [-0.39, 0.29) is 5.49 Å². The molecule has 0 radical (unpaired) electrons. The summed E-state index contributed by atoms with van der Waals surface area (Å²) in [5.41, 5.74) is -0.166. The Hall–Kier alpha value is -2.24. The van der Waals surface area contributed by atoms with E-state index in [4.69, 9.17) is 0 Å². The molecule has 1 aromatic heterocycles. The molecule has 1 N–H and O–H groups in total. The Morgan fingerprint density at radius 3 is 2.22 bits per heavy atom. The van der Waals surface area contributed by atoms with Crippen molar-refractivity contribution in [1.82, 2.24) is 4.73 Å². The van der Waals surface area contributed by atoms with E-state index in [1.807, 2.05) is 0 Å². The number of hydrogen-bond acceptors (Lipinski definition) is 2. The zero-order valence-corrected chi connectivity index (χ0v) is 9.09. The maximum Gasteiger partial charge on any atom is 0.416 e. The fraction of sp³-hybridized carbons (Fsp3) is 0.0833. The lowest BCUT2D eigenvalue weighted by molar-refractivity contribution is -0.137. The Morgan fingerprint density at radius 1 is 1.00 bits per heavy atom. The molecule has 18 heavy (non-hydrogen) atoms. The van der Waals surface area contributed by atoms with Crippen LogP contribution in [0.5, 0.6) is 0 Å². The molecule has 1 heterocycles. The molecule has 6 heteroatoms. The first-order valence-corrected chi connectivity index (χ1v) is 5.06. The minimum Gasteiger partial charge on any atom is -0.427 e. The lowest BCUT2D eigenvalue weighted by Gasteiger charge is -2.05. The predicted octanol–water partition coefficient (Wildman–Crippen LogP) is 2.98. The van der Waals surface area contributed by atoms with E-state index in [0.717, 1.165) is 16.9 Å². The van der Waals surface area contributed by atoms with Crippen LogP contribution in [0.4, 0.5) is 18.9 Å². The van der Waals surface area contributed by atoms with Crippen LogP contribution in [0.15, 0.2) is 53.7 Å². The number of hydrogen-bond donors (Lipinski definition) is 1. The van der Waals surface area contributed by atoms with E-state index < -0.39 is 11.7 Å². The van der Waals surface area contributed by atoms with Crippen molar-refractivity contribution in [2.45, 2.75) is 6.18 Å². The van der Waals surface area contributed by atoms with Crippen molar-refractivity contribution in [2.24, 2.45) is 4.99 Å². The maximum atomic E-state index is 12.3. The topological polar surface area (TPSA) is 37.5 Å². The van der Waals surface area contributed by atoms with E-state index in [2.05, 4.69) is 4.99 Å². The van der Waals surface area contributed by atoms with Gasteiger partial charge in [-0.3, -0.25) is 0 Å². The molecule has 1 aromatic carbocycles. The van der Waals surface area contributed by atoms with Crippen molar-refractivity contribution in [3.63, 3.8) is 0 Å². The average Bonchev–Trinajstić information content (AvgIpc) is 2.32. The number of halogens is 3. The fourth-order valence-electron chi connectivity index (χ4n) is 1.37. The van der Waals surface area contributed by atoms with Crippen LogP contribution < -0.4 is 5.49 Å². The van der Waals surface area contributed by atoms with Gasteiger partial charge >= 0.3 is 6.18 Å². The van der Waals surface area contributed by atoms with Gasteiger partial charge in [-0.25, -0.2) is 4.99 Å². The number of nitrogens with zero attached hydrogens (tertiary/aromatic N) is 2. The lowest BCUT2D eigenvalue weighted by atomic mass is 10.2. The van der Waals surface area contributed by atoms with E-state index in [1.165, 1.54) is 24.4 Å². The first-order chi connectivity index (χ1) is 8.47. The van der Waals surface area contributed by atoms with Crippen LogP contribution in [-0.4, -0.2) is 9.94 Å². The summed E-state index contributed by atoms with van der Waals surface area (Å²) < 4.78 is 37.8. The van der Waals surface area contributed by atoms with Crippen LogP contribution in [0, 0.1) is 0 Å². The van der Waals surface area contributed by atoms with Crippen LogP contribution in [0.3, 0.4) is 0 Å². The van der Waals surface area contributed by atoms with Gasteiger partial charge in [-0.05, 0) is 36.4 Å². The lowest BCUT2D eigenvalue weighted by Crippen LogP contribution is -2.16. The molecule has 0 fully saturated rings. The monoisotopic (exact) mass is 254 g/mol. The van der Waals surface area contributed by atoms with E-state index in [9.17, 15) is 18.4 Å². The quantitative estimate of drug-likeness (QED) is 0.780.